The number of nitrogens with one attached hydrogen (secondary N) is 1. The number of hydrogen-bond acceptors (Lipinski definition) is 4. The van der Waals surface area contributed by atoms with Crippen LogP contribution in [0.2, 0.25) is 0 Å². The van der Waals surface area contributed by atoms with E-state index in [0.717, 1.165) is 43.9 Å². The van der Waals surface area contributed by atoms with E-state index < -0.39 is 0 Å². The van der Waals surface area contributed by atoms with Crippen LogP contribution in [0.5, 0.6) is 0 Å². The quantitative estimate of drug-likeness (QED) is 0.888. The van der Waals surface area contributed by atoms with E-state index in [1.165, 1.54) is 19.3 Å². The maximum absolute atomic E-state index is 12.3. The van der Waals surface area contributed by atoms with Gasteiger partial charge in [-0.3, -0.25) is 9.59 Å². The predicted molar refractivity (Wildman–Crippen MR) is 89.3 cm³/mol. The van der Waals surface area contributed by atoms with E-state index in [4.69, 9.17) is 0 Å². The van der Waals surface area contributed by atoms with Gasteiger partial charge in [0.15, 0.2) is 0 Å². The van der Waals surface area contributed by atoms with Gasteiger partial charge < -0.3 is 14.8 Å². The molecule has 1 N–H and O–H groups in total. The fourth-order valence-corrected chi connectivity index (χ4v) is 3.63. The molecule has 132 valence electrons. The van der Waals surface area contributed by atoms with Crippen molar-refractivity contribution in [3.05, 3.63) is 11.6 Å². The van der Waals surface area contributed by atoms with Gasteiger partial charge in [-0.05, 0) is 25.7 Å². The summed E-state index contributed by atoms with van der Waals surface area (Å²) in [7, 11) is 0. The number of carbonyl (C=O) groups excluding carboxylic acids is 2. The fourth-order valence-electron chi connectivity index (χ4n) is 3.63. The third-order valence-electron chi connectivity index (χ3n) is 5.15. The van der Waals surface area contributed by atoms with E-state index in [-0.39, 0.29) is 17.7 Å². The van der Waals surface area contributed by atoms with Crippen LogP contribution < -0.4 is 5.32 Å². The van der Waals surface area contributed by atoms with Crippen molar-refractivity contribution in [1.82, 2.24) is 25.0 Å². The lowest BCUT2D eigenvalue weighted by atomic mass is 9.96. The Labute approximate surface area is 142 Å². The van der Waals surface area contributed by atoms with Crippen molar-refractivity contribution < 1.29 is 9.59 Å². The summed E-state index contributed by atoms with van der Waals surface area (Å²) >= 11 is 0. The number of fused-ring (bicyclic) bond motifs is 1. The third-order valence-corrected chi connectivity index (χ3v) is 5.15. The predicted octanol–water partition coefficient (Wildman–Crippen LogP) is 0.922. The van der Waals surface area contributed by atoms with Crippen LogP contribution in [0.1, 0.15) is 50.7 Å². The van der Waals surface area contributed by atoms with Gasteiger partial charge in [0.1, 0.15) is 11.6 Å². The first kappa shape index (κ1) is 16.9. The number of rotatable bonds is 4. The van der Waals surface area contributed by atoms with Crippen LogP contribution in [-0.4, -0.2) is 51.1 Å². The van der Waals surface area contributed by atoms with Crippen LogP contribution in [0, 0.1) is 5.92 Å². The molecule has 2 aliphatic rings. The van der Waals surface area contributed by atoms with Gasteiger partial charge in [0, 0.05) is 51.9 Å². The van der Waals surface area contributed by atoms with E-state index in [9.17, 15) is 9.59 Å². The largest absolute Gasteiger partial charge is 0.355 e. The number of aromatic nitrogens is 3. The maximum Gasteiger partial charge on any atom is 0.223 e. The summed E-state index contributed by atoms with van der Waals surface area (Å²) in [5.41, 5.74) is 0. The zero-order valence-corrected chi connectivity index (χ0v) is 14.5. The highest BCUT2D eigenvalue weighted by molar-refractivity contribution is 5.79. The van der Waals surface area contributed by atoms with Crippen molar-refractivity contribution in [2.24, 2.45) is 5.92 Å². The first-order valence-corrected chi connectivity index (χ1v) is 9.09. The molecule has 1 aromatic heterocycles. The van der Waals surface area contributed by atoms with E-state index in [1.807, 2.05) is 4.90 Å². The molecule has 0 radical (unpaired) electrons. The number of hydrogen-bond donors (Lipinski definition) is 1. The first-order chi connectivity index (χ1) is 11.6. The molecule has 2 amide bonds. The molecule has 1 saturated heterocycles. The van der Waals surface area contributed by atoms with Gasteiger partial charge in [0.05, 0.1) is 0 Å². The van der Waals surface area contributed by atoms with Crippen molar-refractivity contribution in [3.63, 3.8) is 0 Å². The Kier molecular flexibility index (Phi) is 5.48. The smallest absolute Gasteiger partial charge is 0.223 e. The summed E-state index contributed by atoms with van der Waals surface area (Å²) < 4.78 is 2.23. The monoisotopic (exact) mass is 333 g/mol. The minimum absolute atomic E-state index is 0.0242. The molecule has 2 aliphatic heterocycles. The van der Waals surface area contributed by atoms with E-state index in [1.54, 1.807) is 6.92 Å². The Morgan fingerprint density at radius 2 is 1.92 bits per heavy atom. The van der Waals surface area contributed by atoms with Crippen molar-refractivity contribution in [2.75, 3.05) is 19.6 Å². The minimum atomic E-state index is 0.0242. The van der Waals surface area contributed by atoms with Gasteiger partial charge in [0.2, 0.25) is 11.8 Å². The second kappa shape index (κ2) is 7.77. The molecule has 1 aromatic rings. The molecule has 0 atom stereocenters. The number of likely N-dealkylation sites (tertiary alicyclic amines) is 1. The van der Waals surface area contributed by atoms with Gasteiger partial charge in [0.25, 0.3) is 0 Å². The lowest BCUT2D eigenvalue weighted by Crippen LogP contribution is -2.42. The second-order valence-corrected chi connectivity index (χ2v) is 6.82. The van der Waals surface area contributed by atoms with Gasteiger partial charge in [-0.2, -0.15) is 0 Å². The summed E-state index contributed by atoms with van der Waals surface area (Å²) in [5.74, 6) is 2.30. The van der Waals surface area contributed by atoms with E-state index in [2.05, 4.69) is 20.1 Å². The molecule has 0 spiro atoms. The Morgan fingerprint density at radius 1 is 1.12 bits per heavy atom. The van der Waals surface area contributed by atoms with E-state index in [0.29, 0.717) is 19.6 Å². The first-order valence-electron chi connectivity index (χ1n) is 9.09. The third kappa shape index (κ3) is 3.94. The van der Waals surface area contributed by atoms with Crippen LogP contribution >= 0.6 is 0 Å². The highest BCUT2D eigenvalue weighted by Gasteiger charge is 2.25. The molecule has 1 fully saturated rings. The van der Waals surface area contributed by atoms with Gasteiger partial charge in [-0.1, -0.05) is 6.42 Å². The molecular weight excluding hydrogens is 306 g/mol. The van der Waals surface area contributed by atoms with Crippen molar-refractivity contribution >= 4 is 11.8 Å². The van der Waals surface area contributed by atoms with Gasteiger partial charge >= 0.3 is 0 Å². The Bertz CT molecular complexity index is 590. The Balaban J connectivity index is 1.44. The molecule has 0 bridgehead atoms. The standard InChI is InChI=1S/C17H27N5O2/c1-13(23)21-11-7-14(8-12-21)17(24)18-9-6-16-20-19-15-5-3-2-4-10-22(15)16/h14H,2-12H2,1H3,(H,18,24). The number of amides is 2. The highest BCUT2D eigenvalue weighted by atomic mass is 16.2. The number of aryl methyl sites for hydroxylation is 1. The number of carbonyl (C=O) groups is 2. The lowest BCUT2D eigenvalue weighted by molar-refractivity contribution is -0.133. The zero-order chi connectivity index (χ0) is 16.9. The topological polar surface area (TPSA) is 80.1 Å². The van der Waals surface area contributed by atoms with Crippen LogP contribution in [0.4, 0.5) is 0 Å². The molecule has 24 heavy (non-hydrogen) atoms. The minimum Gasteiger partial charge on any atom is -0.355 e. The molecule has 0 aromatic carbocycles. The van der Waals surface area contributed by atoms with E-state index >= 15 is 0 Å². The van der Waals surface area contributed by atoms with Crippen LogP contribution in [0.3, 0.4) is 0 Å². The van der Waals surface area contributed by atoms with Crippen molar-refractivity contribution in [2.45, 2.75) is 58.4 Å². The summed E-state index contributed by atoms with van der Waals surface area (Å²) in [4.78, 5) is 25.4. The second-order valence-electron chi connectivity index (χ2n) is 6.82. The van der Waals surface area contributed by atoms with Crippen LogP contribution in [-0.2, 0) is 29.0 Å². The molecule has 0 unspecified atom stereocenters. The number of piperidine rings is 1. The molecular formula is C17H27N5O2. The lowest BCUT2D eigenvalue weighted by Gasteiger charge is -2.30. The van der Waals surface area contributed by atoms with Gasteiger partial charge in [-0.25, -0.2) is 0 Å². The average molecular weight is 333 g/mol. The molecule has 7 nitrogen and oxygen atoms in total. The normalized spacial score (nSPS) is 18.8. The summed E-state index contributed by atoms with van der Waals surface area (Å²) in [6, 6.07) is 0. The van der Waals surface area contributed by atoms with Crippen LogP contribution in [0.25, 0.3) is 0 Å². The fraction of sp³-hybridized carbons (Fsp3) is 0.765. The average Bonchev–Trinajstić information content (AvgIpc) is 2.81. The van der Waals surface area contributed by atoms with Crippen molar-refractivity contribution in [1.29, 1.82) is 0 Å². The summed E-state index contributed by atoms with van der Waals surface area (Å²) in [6.07, 6.45) is 6.86. The molecule has 3 heterocycles. The summed E-state index contributed by atoms with van der Waals surface area (Å²) in [5, 5.41) is 11.6. The number of nitrogens with zero attached hydrogens (tertiary/aromatic N) is 4. The molecule has 0 aliphatic carbocycles. The molecule has 3 rings (SSSR count). The molecule has 0 saturated carbocycles. The summed E-state index contributed by atoms with van der Waals surface area (Å²) in [6.45, 7) is 4.55. The van der Waals surface area contributed by atoms with Gasteiger partial charge in [-0.15, -0.1) is 10.2 Å². The molecule has 7 heteroatoms. The SMILES string of the molecule is CC(=O)N1CCC(C(=O)NCCc2nnc3n2CCCCC3)CC1. The van der Waals surface area contributed by atoms with Crippen LogP contribution in [0.15, 0.2) is 0 Å². The zero-order valence-electron chi connectivity index (χ0n) is 14.5. The van der Waals surface area contributed by atoms with Crippen molar-refractivity contribution in [3.8, 4) is 0 Å². The Morgan fingerprint density at radius 3 is 2.67 bits per heavy atom. The Hall–Kier alpha value is -1.92. The maximum atomic E-state index is 12.3. The highest BCUT2D eigenvalue weighted by Crippen LogP contribution is 2.17.